The van der Waals surface area contributed by atoms with Gasteiger partial charge in [-0.3, -0.25) is 0 Å². The van der Waals surface area contributed by atoms with Crippen molar-refractivity contribution in [2.75, 3.05) is 0 Å². The maximum Gasteiger partial charge on any atom is 0.111 e. The third kappa shape index (κ3) is 4.10. The molecule has 0 spiro atoms. The predicted octanol–water partition coefficient (Wildman–Crippen LogP) is 4.63. The number of hydrogen-bond donors (Lipinski definition) is 0. The molecule has 0 heterocycles. The fourth-order valence-corrected chi connectivity index (χ4v) is 2.30. The molecule has 0 unspecified atom stereocenters. The molecular weight excluding hydrogens is 163 g/mol. The molecule has 78 valence electrons. The number of rotatable bonds is 5. The highest BCUT2D eigenvalue weighted by molar-refractivity contribution is 4.82. The minimum absolute atomic E-state index is 0.772. The van der Waals surface area contributed by atoms with E-state index in [1.54, 1.807) is 0 Å². The van der Waals surface area contributed by atoms with Crippen LogP contribution in [0.3, 0.4) is 0 Å². The van der Waals surface area contributed by atoms with Gasteiger partial charge in [0.2, 0.25) is 0 Å². The fourth-order valence-electron chi connectivity index (χ4n) is 2.30. The second-order valence-electron chi connectivity index (χ2n) is 4.52. The average molecular weight is 186 g/mol. The lowest BCUT2D eigenvalue weighted by molar-refractivity contribution is 0.0929. The molecule has 0 aliphatic heterocycles. The minimum Gasteiger partial charge on any atom is -0.244 e. The van der Waals surface area contributed by atoms with Gasteiger partial charge in [0.05, 0.1) is 0 Å². The molecule has 1 saturated carbocycles. The zero-order chi connectivity index (χ0) is 9.57. The van der Waals surface area contributed by atoms with Gasteiger partial charge in [-0.1, -0.05) is 51.9 Å². The van der Waals surface area contributed by atoms with Crippen LogP contribution in [0.25, 0.3) is 0 Å². The molecule has 0 aromatic rings. The first-order chi connectivity index (χ1) is 6.27. The van der Waals surface area contributed by atoms with E-state index in [0.29, 0.717) is 0 Å². The third-order valence-corrected chi connectivity index (χ3v) is 3.23. The Bertz CT molecular complexity index is 125. The van der Waals surface area contributed by atoms with Crippen molar-refractivity contribution in [3.63, 3.8) is 0 Å². The molecule has 0 atom stereocenters. The van der Waals surface area contributed by atoms with Gasteiger partial charge >= 0.3 is 0 Å². The second-order valence-corrected chi connectivity index (χ2v) is 4.52. The molecule has 1 aliphatic carbocycles. The quantitative estimate of drug-likeness (QED) is 0.549. The third-order valence-electron chi connectivity index (χ3n) is 3.23. The van der Waals surface area contributed by atoms with Gasteiger partial charge in [-0.25, -0.2) is 4.39 Å². The van der Waals surface area contributed by atoms with Crippen LogP contribution in [-0.2, 0) is 0 Å². The predicted molar refractivity (Wildman–Crippen MR) is 55.7 cm³/mol. The first-order valence-electron chi connectivity index (χ1n) is 5.96. The minimum atomic E-state index is -0.772. The van der Waals surface area contributed by atoms with Crippen molar-refractivity contribution in [2.45, 2.75) is 76.8 Å². The number of hydrogen-bond acceptors (Lipinski definition) is 0. The summed E-state index contributed by atoms with van der Waals surface area (Å²) in [4.78, 5) is 0. The highest BCUT2D eigenvalue weighted by Gasteiger charge is 2.30. The Hall–Kier alpha value is -0.0700. The fraction of sp³-hybridized carbons (Fsp3) is 1.00. The second kappa shape index (κ2) is 5.62. The van der Waals surface area contributed by atoms with Crippen molar-refractivity contribution < 1.29 is 4.39 Å². The zero-order valence-corrected chi connectivity index (χ0v) is 8.95. The Morgan fingerprint density at radius 3 is 2.31 bits per heavy atom. The lowest BCUT2D eigenvalue weighted by Gasteiger charge is -2.29. The summed E-state index contributed by atoms with van der Waals surface area (Å²) in [6.07, 6.45) is 10.8. The largest absolute Gasteiger partial charge is 0.244 e. The molecule has 0 bridgehead atoms. The first kappa shape index (κ1) is 11.0. The lowest BCUT2D eigenvalue weighted by atomic mass is 9.83. The van der Waals surface area contributed by atoms with Gasteiger partial charge < -0.3 is 0 Å². The van der Waals surface area contributed by atoms with Gasteiger partial charge in [-0.2, -0.15) is 0 Å². The summed E-state index contributed by atoms with van der Waals surface area (Å²) in [5.41, 5.74) is -0.772. The van der Waals surface area contributed by atoms with Gasteiger partial charge in [-0.05, 0) is 19.3 Å². The summed E-state index contributed by atoms with van der Waals surface area (Å²) in [7, 11) is 0. The molecule has 0 saturated heterocycles. The molecule has 0 aromatic carbocycles. The highest BCUT2D eigenvalue weighted by atomic mass is 19.1. The average Bonchev–Trinajstić information content (AvgIpc) is 2.14. The highest BCUT2D eigenvalue weighted by Crippen LogP contribution is 2.35. The van der Waals surface area contributed by atoms with Crippen molar-refractivity contribution in [3.05, 3.63) is 0 Å². The van der Waals surface area contributed by atoms with Crippen LogP contribution in [0.1, 0.15) is 71.1 Å². The van der Waals surface area contributed by atoms with Crippen LogP contribution in [0.2, 0.25) is 0 Å². The lowest BCUT2D eigenvalue weighted by Crippen LogP contribution is -2.25. The standard InChI is InChI=1S/C12H23F/c1-2-3-4-6-9-12(13)10-7-5-8-11-12/h2-11H2,1H3. The summed E-state index contributed by atoms with van der Waals surface area (Å²) in [5, 5.41) is 0. The van der Waals surface area contributed by atoms with E-state index in [4.69, 9.17) is 0 Å². The summed E-state index contributed by atoms with van der Waals surface area (Å²) in [6, 6.07) is 0. The van der Waals surface area contributed by atoms with E-state index in [-0.39, 0.29) is 0 Å². The maximum atomic E-state index is 14.0. The maximum absolute atomic E-state index is 14.0. The Morgan fingerprint density at radius 1 is 1.00 bits per heavy atom. The van der Waals surface area contributed by atoms with E-state index in [2.05, 4.69) is 6.92 Å². The van der Waals surface area contributed by atoms with E-state index in [0.717, 1.165) is 38.5 Å². The monoisotopic (exact) mass is 186 g/mol. The Labute approximate surface area is 81.9 Å². The van der Waals surface area contributed by atoms with E-state index < -0.39 is 5.67 Å². The molecule has 1 heteroatoms. The molecule has 0 radical (unpaired) electrons. The van der Waals surface area contributed by atoms with E-state index >= 15 is 0 Å². The summed E-state index contributed by atoms with van der Waals surface area (Å²) in [5.74, 6) is 0. The van der Waals surface area contributed by atoms with Crippen LogP contribution >= 0.6 is 0 Å². The van der Waals surface area contributed by atoms with Gasteiger partial charge in [0, 0.05) is 0 Å². The molecule has 13 heavy (non-hydrogen) atoms. The van der Waals surface area contributed by atoms with Crippen LogP contribution in [0.15, 0.2) is 0 Å². The Kier molecular flexibility index (Phi) is 4.76. The van der Waals surface area contributed by atoms with Crippen molar-refractivity contribution in [1.82, 2.24) is 0 Å². The molecule has 0 nitrogen and oxygen atoms in total. The van der Waals surface area contributed by atoms with Gasteiger partial charge in [0.1, 0.15) is 5.67 Å². The van der Waals surface area contributed by atoms with E-state index in [1.807, 2.05) is 0 Å². The van der Waals surface area contributed by atoms with E-state index in [9.17, 15) is 4.39 Å². The number of unbranched alkanes of at least 4 members (excludes halogenated alkanes) is 3. The molecule has 0 N–H and O–H groups in total. The number of alkyl halides is 1. The molecule has 1 rings (SSSR count). The molecule has 0 amide bonds. The number of halogens is 1. The van der Waals surface area contributed by atoms with Crippen LogP contribution < -0.4 is 0 Å². The summed E-state index contributed by atoms with van der Waals surface area (Å²) >= 11 is 0. The molecule has 1 aliphatic rings. The summed E-state index contributed by atoms with van der Waals surface area (Å²) < 4.78 is 14.0. The van der Waals surface area contributed by atoms with Crippen molar-refractivity contribution in [2.24, 2.45) is 0 Å². The first-order valence-corrected chi connectivity index (χ1v) is 5.96. The summed E-state index contributed by atoms with van der Waals surface area (Å²) in [6.45, 7) is 2.20. The molecule has 0 aromatic heterocycles. The van der Waals surface area contributed by atoms with Crippen molar-refractivity contribution >= 4 is 0 Å². The van der Waals surface area contributed by atoms with Crippen molar-refractivity contribution in [1.29, 1.82) is 0 Å². The topological polar surface area (TPSA) is 0 Å². The van der Waals surface area contributed by atoms with Crippen LogP contribution in [-0.4, -0.2) is 5.67 Å². The zero-order valence-electron chi connectivity index (χ0n) is 8.95. The van der Waals surface area contributed by atoms with Gasteiger partial charge in [0.15, 0.2) is 0 Å². The molecule has 1 fully saturated rings. The molecular formula is C12H23F. The Morgan fingerprint density at radius 2 is 1.69 bits per heavy atom. The van der Waals surface area contributed by atoms with Crippen molar-refractivity contribution in [3.8, 4) is 0 Å². The van der Waals surface area contributed by atoms with Gasteiger partial charge in [-0.15, -0.1) is 0 Å². The van der Waals surface area contributed by atoms with Crippen LogP contribution in [0, 0.1) is 0 Å². The van der Waals surface area contributed by atoms with Crippen LogP contribution in [0.5, 0.6) is 0 Å². The van der Waals surface area contributed by atoms with Crippen LogP contribution in [0.4, 0.5) is 4.39 Å². The normalized spacial score (nSPS) is 21.7. The smallest absolute Gasteiger partial charge is 0.111 e. The van der Waals surface area contributed by atoms with E-state index in [1.165, 1.54) is 25.7 Å². The van der Waals surface area contributed by atoms with Gasteiger partial charge in [0.25, 0.3) is 0 Å². The SMILES string of the molecule is CCCCCCC1(F)CCCCC1. The Balaban J connectivity index is 2.10.